The molecule has 0 aliphatic rings. The number of nitrogens with one attached hydrogen (secondary N) is 3. The quantitative estimate of drug-likeness (QED) is 0.571. The highest BCUT2D eigenvalue weighted by atomic mass is 19.4. The topological polar surface area (TPSA) is 97.8 Å². The van der Waals surface area contributed by atoms with Gasteiger partial charge in [0, 0.05) is 11.8 Å². The SMILES string of the molecule is CC(C)C[C@H](N[C@@H](c1ccc(-c2cccc(=O)[nH]2)cc1)C(F)(F)F)C(=O)NCC#N. The van der Waals surface area contributed by atoms with Gasteiger partial charge < -0.3 is 10.3 Å². The summed E-state index contributed by atoms with van der Waals surface area (Å²) in [4.78, 5) is 26.3. The Kier molecular flexibility index (Phi) is 7.78. The molecule has 0 bridgehead atoms. The first kappa shape index (κ1) is 23.2. The number of H-pyrrole nitrogens is 1. The average Bonchev–Trinajstić information content (AvgIpc) is 2.68. The first-order valence-electron chi connectivity index (χ1n) is 9.39. The molecular formula is C21H23F3N4O2. The van der Waals surface area contributed by atoms with E-state index in [1.165, 1.54) is 30.3 Å². The van der Waals surface area contributed by atoms with Crippen LogP contribution in [0.15, 0.2) is 47.3 Å². The number of alkyl halides is 3. The number of carbonyl (C=O) groups excluding carboxylic acids is 1. The number of rotatable bonds is 8. The molecule has 9 heteroatoms. The standard InChI is InChI=1S/C21H23F3N4O2/c1-13(2)12-17(20(30)26-11-10-25)28-19(21(22,23)24)15-8-6-14(7-9-15)16-4-3-5-18(29)27-16/h3-9,13,17,19,28H,11-12H2,1-2H3,(H,26,30)(H,27,29)/t17-,19-/m0/s1. The lowest BCUT2D eigenvalue weighted by Gasteiger charge is -2.28. The summed E-state index contributed by atoms with van der Waals surface area (Å²) < 4.78 is 41.4. The highest BCUT2D eigenvalue weighted by molar-refractivity contribution is 5.82. The number of nitrogens with zero attached hydrogens (tertiary/aromatic N) is 1. The summed E-state index contributed by atoms with van der Waals surface area (Å²) in [5.74, 6) is -0.695. The minimum absolute atomic E-state index is 0.0403. The maximum absolute atomic E-state index is 13.8. The molecule has 2 atom stereocenters. The van der Waals surface area contributed by atoms with Crippen LogP contribution in [-0.4, -0.2) is 29.7 Å². The third-order valence-corrected chi connectivity index (χ3v) is 4.38. The van der Waals surface area contributed by atoms with Crippen molar-refractivity contribution in [2.75, 3.05) is 6.54 Å². The van der Waals surface area contributed by atoms with Crippen LogP contribution in [0.2, 0.25) is 0 Å². The number of hydrogen-bond acceptors (Lipinski definition) is 4. The second-order valence-electron chi connectivity index (χ2n) is 7.25. The normalized spacial score (nSPS) is 13.5. The molecule has 1 heterocycles. The van der Waals surface area contributed by atoms with Crippen LogP contribution in [0.3, 0.4) is 0 Å². The fourth-order valence-corrected chi connectivity index (χ4v) is 3.02. The van der Waals surface area contributed by atoms with Crippen LogP contribution in [-0.2, 0) is 4.79 Å². The predicted molar refractivity (Wildman–Crippen MR) is 106 cm³/mol. The van der Waals surface area contributed by atoms with Crippen LogP contribution in [0.4, 0.5) is 13.2 Å². The Balaban J connectivity index is 2.31. The van der Waals surface area contributed by atoms with Crippen LogP contribution in [0, 0.1) is 17.2 Å². The van der Waals surface area contributed by atoms with Crippen molar-refractivity contribution in [3.63, 3.8) is 0 Å². The molecule has 0 spiro atoms. The molecule has 1 aromatic heterocycles. The Hall–Kier alpha value is -3.12. The third kappa shape index (κ3) is 6.46. The van der Waals surface area contributed by atoms with Gasteiger partial charge in [-0.2, -0.15) is 18.4 Å². The molecule has 1 amide bonds. The number of aromatic nitrogens is 1. The van der Waals surface area contributed by atoms with E-state index in [0.717, 1.165) is 0 Å². The first-order valence-corrected chi connectivity index (χ1v) is 9.39. The van der Waals surface area contributed by atoms with Gasteiger partial charge in [-0.3, -0.25) is 14.9 Å². The molecule has 0 aliphatic carbocycles. The second-order valence-corrected chi connectivity index (χ2v) is 7.25. The van der Waals surface area contributed by atoms with Crippen molar-refractivity contribution >= 4 is 5.91 Å². The van der Waals surface area contributed by atoms with Crippen molar-refractivity contribution in [1.29, 1.82) is 5.26 Å². The van der Waals surface area contributed by atoms with E-state index in [0.29, 0.717) is 11.3 Å². The highest BCUT2D eigenvalue weighted by Crippen LogP contribution is 2.34. The Bertz CT molecular complexity index is 946. The van der Waals surface area contributed by atoms with Crippen LogP contribution >= 0.6 is 0 Å². The monoisotopic (exact) mass is 420 g/mol. The summed E-state index contributed by atoms with van der Waals surface area (Å²) in [5, 5.41) is 13.4. The van der Waals surface area contributed by atoms with Crippen LogP contribution in [0.1, 0.15) is 31.9 Å². The lowest BCUT2D eigenvalue weighted by molar-refractivity contribution is -0.161. The third-order valence-electron chi connectivity index (χ3n) is 4.38. The molecule has 1 aromatic carbocycles. The molecule has 0 aliphatic heterocycles. The van der Waals surface area contributed by atoms with E-state index in [-0.39, 0.29) is 30.0 Å². The molecule has 160 valence electrons. The fourth-order valence-electron chi connectivity index (χ4n) is 3.02. The summed E-state index contributed by atoms with van der Waals surface area (Å²) in [6.45, 7) is 3.31. The number of nitriles is 1. The van der Waals surface area contributed by atoms with E-state index >= 15 is 0 Å². The van der Waals surface area contributed by atoms with Gasteiger partial charge in [-0.05, 0) is 29.5 Å². The highest BCUT2D eigenvalue weighted by Gasteiger charge is 2.42. The second kappa shape index (κ2) is 10.1. The average molecular weight is 420 g/mol. The molecule has 0 fully saturated rings. The Morgan fingerprint density at radius 1 is 1.17 bits per heavy atom. The van der Waals surface area contributed by atoms with Gasteiger partial charge in [-0.25, -0.2) is 0 Å². The van der Waals surface area contributed by atoms with E-state index < -0.39 is 24.2 Å². The number of hydrogen-bond donors (Lipinski definition) is 3. The van der Waals surface area contributed by atoms with Gasteiger partial charge in [0.05, 0.1) is 12.1 Å². The number of aromatic amines is 1. The zero-order valence-corrected chi connectivity index (χ0v) is 16.6. The van der Waals surface area contributed by atoms with Gasteiger partial charge in [0.1, 0.15) is 12.6 Å². The van der Waals surface area contributed by atoms with Crippen LogP contribution < -0.4 is 16.2 Å². The lowest BCUT2D eigenvalue weighted by Crippen LogP contribution is -2.49. The molecule has 2 rings (SSSR count). The minimum atomic E-state index is -4.65. The summed E-state index contributed by atoms with van der Waals surface area (Å²) in [6.07, 6.45) is -4.47. The Labute approximate surface area is 172 Å². The molecule has 0 saturated carbocycles. The fraction of sp³-hybridized carbons (Fsp3) is 0.381. The van der Waals surface area contributed by atoms with Gasteiger partial charge in [-0.1, -0.05) is 44.2 Å². The molecule has 0 saturated heterocycles. The Morgan fingerprint density at radius 3 is 2.37 bits per heavy atom. The van der Waals surface area contributed by atoms with Gasteiger partial charge in [-0.15, -0.1) is 0 Å². The van der Waals surface area contributed by atoms with Gasteiger partial charge in [0.25, 0.3) is 0 Å². The molecule has 0 radical (unpaired) electrons. The molecule has 3 N–H and O–H groups in total. The van der Waals surface area contributed by atoms with Crippen molar-refractivity contribution < 1.29 is 18.0 Å². The van der Waals surface area contributed by atoms with E-state index in [1.54, 1.807) is 32.0 Å². The zero-order chi connectivity index (χ0) is 22.3. The van der Waals surface area contributed by atoms with Gasteiger partial charge in [0.15, 0.2) is 0 Å². The summed E-state index contributed by atoms with van der Waals surface area (Å²) in [7, 11) is 0. The van der Waals surface area contributed by atoms with Crippen LogP contribution in [0.25, 0.3) is 11.3 Å². The Morgan fingerprint density at radius 2 is 1.83 bits per heavy atom. The van der Waals surface area contributed by atoms with Crippen molar-refractivity contribution in [2.24, 2.45) is 5.92 Å². The maximum atomic E-state index is 13.8. The van der Waals surface area contributed by atoms with E-state index in [1.807, 2.05) is 0 Å². The van der Waals surface area contributed by atoms with Crippen molar-refractivity contribution in [3.8, 4) is 17.3 Å². The van der Waals surface area contributed by atoms with Gasteiger partial charge in [0.2, 0.25) is 11.5 Å². The summed E-state index contributed by atoms with van der Waals surface area (Å²) in [5.41, 5.74) is 0.666. The van der Waals surface area contributed by atoms with E-state index in [2.05, 4.69) is 15.6 Å². The van der Waals surface area contributed by atoms with Gasteiger partial charge >= 0.3 is 6.18 Å². The van der Waals surface area contributed by atoms with E-state index in [9.17, 15) is 22.8 Å². The molecular weight excluding hydrogens is 397 g/mol. The molecule has 0 unspecified atom stereocenters. The number of amides is 1. The molecule has 2 aromatic rings. The van der Waals surface area contributed by atoms with Crippen molar-refractivity contribution in [2.45, 2.75) is 38.5 Å². The number of halogens is 3. The van der Waals surface area contributed by atoms with Crippen LogP contribution in [0.5, 0.6) is 0 Å². The zero-order valence-electron chi connectivity index (χ0n) is 16.6. The lowest BCUT2D eigenvalue weighted by atomic mass is 9.98. The first-order chi connectivity index (χ1) is 14.1. The van der Waals surface area contributed by atoms with Crippen molar-refractivity contribution in [1.82, 2.24) is 15.6 Å². The maximum Gasteiger partial charge on any atom is 0.407 e. The number of pyridine rings is 1. The minimum Gasteiger partial charge on any atom is -0.342 e. The smallest absolute Gasteiger partial charge is 0.342 e. The summed E-state index contributed by atoms with van der Waals surface area (Å²) in [6, 6.07) is 8.68. The van der Waals surface area contributed by atoms with E-state index in [4.69, 9.17) is 5.26 Å². The largest absolute Gasteiger partial charge is 0.407 e. The van der Waals surface area contributed by atoms with Crippen molar-refractivity contribution in [3.05, 3.63) is 58.4 Å². The summed E-state index contributed by atoms with van der Waals surface area (Å²) >= 11 is 0. The number of carbonyl (C=O) groups is 1. The molecule has 6 nitrogen and oxygen atoms in total. The number of benzene rings is 1. The predicted octanol–water partition coefficient (Wildman–Crippen LogP) is 3.29. The molecule has 30 heavy (non-hydrogen) atoms.